The van der Waals surface area contributed by atoms with Crippen molar-refractivity contribution in [2.45, 2.75) is 24.8 Å². The lowest BCUT2D eigenvalue weighted by Gasteiger charge is -2.10. The topological polar surface area (TPSA) is 87.0 Å². The Bertz CT molecular complexity index is 714. The molecule has 0 aliphatic carbocycles. The first-order valence-corrected chi connectivity index (χ1v) is 8.14. The van der Waals surface area contributed by atoms with Crippen LogP contribution in [0.1, 0.15) is 18.3 Å². The third kappa shape index (κ3) is 3.26. The molecule has 1 aromatic carbocycles. The van der Waals surface area contributed by atoms with E-state index in [2.05, 4.69) is 15.5 Å². The zero-order valence-electron chi connectivity index (χ0n) is 10.9. The van der Waals surface area contributed by atoms with Crippen molar-refractivity contribution in [3.63, 3.8) is 0 Å². The zero-order chi connectivity index (χ0) is 14.8. The molecule has 2 rings (SSSR count). The largest absolute Gasteiger partial charge is 0.485 e. The van der Waals surface area contributed by atoms with Gasteiger partial charge in [0.25, 0.3) is 9.05 Å². The van der Waals surface area contributed by atoms with Crippen molar-refractivity contribution in [2.75, 3.05) is 0 Å². The highest BCUT2D eigenvalue weighted by molar-refractivity contribution is 8.13. The van der Waals surface area contributed by atoms with E-state index < -0.39 is 9.05 Å². The van der Waals surface area contributed by atoms with Gasteiger partial charge in [-0.15, -0.1) is 5.10 Å². The number of benzene rings is 1. The number of nitrogens with zero attached hydrogens (tertiary/aromatic N) is 4. The van der Waals surface area contributed by atoms with Gasteiger partial charge < -0.3 is 4.74 Å². The summed E-state index contributed by atoms with van der Waals surface area (Å²) in [5, 5.41) is 11.0. The molecule has 1 heterocycles. The lowest BCUT2D eigenvalue weighted by Crippen LogP contribution is -2.06. The number of aryl methyl sites for hydroxylation is 2. The molecular formula is C11H13ClN4O3S. The Morgan fingerprint density at radius 2 is 2.15 bits per heavy atom. The summed E-state index contributed by atoms with van der Waals surface area (Å²) in [6.45, 7) is 2.10. The molecule has 0 amide bonds. The highest BCUT2D eigenvalue weighted by atomic mass is 35.7. The van der Waals surface area contributed by atoms with E-state index in [9.17, 15) is 8.42 Å². The highest BCUT2D eigenvalue weighted by Crippen LogP contribution is 2.25. The van der Waals surface area contributed by atoms with Gasteiger partial charge in [0.1, 0.15) is 12.4 Å². The van der Waals surface area contributed by atoms with Crippen molar-refractivity contribution in [3.05, 3.63) is 29.6 Å². The molecule has 0 fully saturated rings. The minimum Gasteiger partial charge on any atom is -0.485 e. The standard InChI is InChI=1S/C11H13ClN4O3S/c1-3-8-6-9(20(12,17)18)4-5-10(8)19-7-11-13-14-15-16(11)2/h4-6H,3,7H2,1-2H3. The molecule has 0 atom stereocenters. The second-order valence-electron chi connectivity index (χ2n) is 4.07. The van der Waals surface area contributed by atoms with Crippen LogP contribution in [0, 0.1) is 0 Å². The average Bonchev–Trinajstić information content (AvgIpc) is 2.80. The van der Waals surface area contributed by atoms with Gasteiger partial charge in [-0.1, -0.05) is 6.92 Å². The molecule has 7 nitrogen and oxygen atoms in total. The minimum atomic E-state index is -3.74. The SMILES string of the molecule is CCc1cc(S(=O)(=O)Cl)ccc1OCc1nnnn1C. The first kappa shape index (κ1) is 14.7. The summed E-state index contributed by atoms with van der Waals surface area (Å²) in [4.78, 5) is 0.0590. The van der Waals surface area contributed by atoms with E-state index in [4.69, 9.17) is 15.4 Å². The lowest BCUT2D eigenvalue weighted by molar-refractivity contribution is 0.286. The molecule has 0 N–H and O–H groups in total. The Kier molecular flexibility index (Phi) is 4.24. The highest BCUT2D eigenvalue weighted by Gasteiger charge is 2.13. The van der Waals surface area contributed by atoms with Crippen LogP contribution in [0.5, 0.6) is 5.75 Å². The second-order valence-corrected chi connectivity index (χ2v) is 6.63. The molecule has 0 radical (unpaired) electrons. The van der Waals surface area contributed by atoms with Crippen molar-refractivity contribution < 1.29 is 13.2 Å². The van der Waals surface area contributed by atoms with Crippen LogP contribution in [-0.4, -0.2) is 28.6 Å². The fourth-order valence-electron chi connectivity index (χ4n) is 1.64. The molecule has 20 heavy (non-hydrogen) atoms. The third-order valence-electron chi connectivity index (χ3n) is 2.76. The molecule has 0 spiro atoms. The fourth-order valence-corrected chi connectivity index (χ4v) is 2.44. The van der Waals surface area contributed by atoms with Crippen LogP contribution in [0.25, 0.3) is 0 Å². The minimum absolute atomic E-state index is 0.0590. The maximum absolute atomic E-state index is 11.3. The molecule has 0 bridgehead atoms. The molecular weight excluding hydrogens is 304 g/mol. The summed E-state index contributed by atoms with van der Waals surface area (Å²) in [5.74, 6) is 1.15. The van der Waals surface area contributed by atoms with Gasteiger partial charge in [0.15, 0.2) is 5.82 Å². The van der Waals surface area contributed by atoms with E-state index in [1.54, 1.807) is 13.1 Å². The lowest BCUT2D eigenvalue weighted by atomic mass is 10.1. The number of rotatable bonds is 5. The number of halogens is 1. The van der Waals surface area contributed by atoms with Crippen LogP contribution in [0.2, 0.25) is 0 Å². The fraction of sp³-hybridized carbons (Fsp3) is 0.364. The van der Waals surface area contributed by atoms with Crippen LogP contribution < -0.4 is 4.74 Å². The Morgan fingerprint density at radius 1 is 1.40 bits per heavy atom. The van der Waals surface area contributed by atoms with E-state index in [-0.39, 0.29) is 11.5 Å². The van der Waals surface area contributed by atoms with Crippen molar-refractivity contribution >= 4 is 19.7 Å². The van der Waals surface area contributed by atoms with Gasteiger partial charge >= 0.3 is 0 Å². The van der Waals surface area contributed by atoms with Gasteiger partial charge in [0, 0.05) is 17.7 Å². The average molecular weight is 317 g/mol. The van der Waals surface area contributed by atoms with Gasteiger partial charge in [-0.2, -0.15) is 0 Å². The van der Waals surface area contributed by atoms with Crippen LogP contribution in [0.4, 0.5) is 0 Å². The molecule has 9 heteroatoms. The number of ether oxygens (including phenoxy) is 1. The van der Waals surface area contributed by atoms with Crippen LogP contribution in [-0.2, 0) is 29.1 Å². The van der Waals surface area contributed by atoms with Gasteiger partial charge in [-0.3, -0.25) is 0 Å². The van der Waals surface area contributed by atoms with Crippen molar-refractivity contribution in [3.8, 4) is 5.75 Å². The van der Waals surface area contributed by atoms with Gasteiger partial charge in [0.05, 0.1) is 4.90 Å². The first-order chi connectivity index (χ1) is 9.41. The molecule has 0 saturated heterocycles. The molecule has 0 aliphatic heterocycles. The maximum atomic E-state index is 11.3. The quantitative estimate of drug-likeness (QED) is 0.772. The Hall–Kier alpha value is -1.67. The van der Waals surface area contributed by atoms with Crippen LogP contribution >= 0.6 is 10.7 Å². The molecule has 108 valence electrons. The summed E-state index contributed by atoms with van der Waals surface area (Å²) >= 11 is 0. The molecule has 0 unspecified atom stereocenters. The summed E-state index contributed by atoms with van der Waals surface area (Å²) in [6.07, 6.45) is 0.618. The zero-order valence-corrected chi connectivity index (χ0v) is 12.5. The Morgan fingerprint density at radius 3 is 2.70 bits per heavy atom. The van der Waals surface area contributed by atoms with Crippen LogP contribution in [0.15, 0.2) is 23.1 Å². The smallest absolute Gasteiger partial charge is 0.261 e. The molecule has 0 saturated carbocycles. The van der Waals surface area contributed by atoms with Gasteiger partial charge in [0.2, 0.25) is 0 Å². The van der Waals surface area contributed by atoms with E-state index in [1.807, 2.05) is 6.92 Å². The van der Waals surface area contributed by atoms with E-state index >= 15 is 0 Å². The predicted molar refractivity (Wildman–Crippen MR) is 72.0 cm³/mol. The number of tetrazole rings is 1. The number of hydrogen-bond acceptors (Lipinski definition) is 6. The van der Waals surface area contributed by atoms with Crippen LogP contribution in [0.3, 0.4) is 0 Å². The number of hydrogen-bond donors (Lipinski definition) is 0. The van der Waals surface area contributed by atoms with E-state index in [0.29, 0.717) is 18.0 Å². The summed E-state index contributed by atoms with van der Waals surface area (Å²) in [7, 11) is 3.29. The Labute approximate surface area is 120 Å². The summed E-state index contributed by atoms with van der Waals surface area (Å²) < 4.78 is 29.7. The Balaban J connectivity index is 2.22. The van der Waals surface area contributed by atoms with Gasteiger partial charge in [-0.25, -0.2) is 13.1 Å². The predicted octanol–water partition coefficient (Wildman–Crippen LogP) is 1.28. The van der Waals surface area contributed by atoms with Crippen molar-refractivity contribution in [2.24, 2.45) is 7.05 Å². The number of aromatic nitrogens is 4. The van der Waals surface area contributed by atoms with Crippen molar-refractivity contribution in [1.29, 1.82) is 0 Å². The second kappa shape index (κ2) is 5.76. The monoisotopic (exact) mass is 316 g/mol. The molecule has 0 aliphatic rings. The normalized spacial score (nSPS) is 11.6. The maximum Gasteiger partial charge on any atom is 0.261 e. The summed E-state index contributed by atoms with van der Waals surface area (Å²) in [6, 6.07) is 4.50. The molecule has 2 aromatic rings. The first-order valence-electron chi connectivity index (χ1n) is 5.83. The van der Waals surface area contributed by atoms with E-state index in [0.717, 1.165) is 5.56 Å². The van der Waals surface area contributed by atoms with Gasteiger partial charge in [-0.05, 0) is 40.6 Å². The third-order valence-corrected chi connectivity index (χ3v) is 4.11. The molecule has 1 aromatic heterocycles. The van der Waals surface area contributed by atoms with Crippen molar-refractivity contribution in [1.82, 2.24) is 20.2 Å². The summed E-state index contributed by atoms with van der Waals surface area (Å²) in [5.41, 5.74) is 0.752. The van der Waals surface area contributed by atoms with E-state index in [1.165, 1.54) is 16.8 Å².